The molecular weight excluding hydrogens is 278 g/mol. The van der Waals surface area contributed by atoms with Crippen molar-refractivity contribution in [3.8, 4) is 0 Å². The predicted molar refractivity (Wildman–Crippen MR) is 70.9 cm³/mol. The van der Waals surface area contributed by atoms with Gasteiger partial charge in [0.1, 0.15) is 0 Å². The molecule has 0 spiro atoms. The van der Waals surface area contributed by atoms with Gasteiger partial charge in [-0.15, -0.1) is 0 Å². The number of hydrogen-bond acceptors (Lipinski definition) is 6. The SMILES string of the molecule is COP(=O)(OC(C)(C)C)OP(=O)(OC)C(C)(C)C. The van der Waals surface area contributed by atoms with Gasteiger partial charge in [-0.3, -0.25) is 13.6 Å². The first kappa shape index (κ1) is 18.3. The van der Waals surface area contributed by atoms with E-state index in [1.54, 1.807) is 41.5 Å². The first-order valence-electron chi connectivity index (χ1n) is 5.52. The average molecular weight is 302 g/mol. The van der Waals surface area contributed by atoms with Crippen LogP contribution in [0.15, 0.2) is 0 Å². The van der Waals surface area contributed by atoms with Crippen molar-refractivity contribution in [3.05, 3.63) is 0 Å². The Balaban J connectivity index is 5.26. The third-order valence-electron chi connectivity index (χ3n) is 1.88. The minimum absolute atomic E-state index is 0.762. The molecule has 0 N–H and O–H groups in total. The minimum atomic E-state index is -3.94. The molecule has 0 aliphatic carbocycles. The Morgan fingerprint density at radius 2 is 1.28 bits per heavy atom. The molecule has 6 nitrogen and oxygen atoms in total. The summed E-state index contributed by atoms with van der Waals surface area (Å²) in [4.78, 5) is 0. The van der Waals surface area contributed by atoms with Crippen LogP contribution in [0.1, 0.15) is 41.5 Å². The lowest BCUT2D eigenvalue weighted by atomic mass is 10.2. The van der Waals surface area contributed by atoms with Crippen molar-refractivity contribution in [2.24, 2.45) is 0 Å². The molecule has 0 amide bonds. The first-order chi connectivity index (χ1) is 7.79. The molecule has 2 unspecified atom stereocenters. The van der Waals surface area contributed by atoms with Crippen molar-refractivity contribution < 1.29 is 27.0 Å². The Morgan fingerprint density at radius 3 is 1.50 bits per heavy atom. The maximum Gasteiger partial charge on any atom is 0.482 e. The standard InChI is InChI=1S/C10H24O6P2/c1-9(2,3)15-18(12,14-8)16-17(11,13-7)10(4,5)6/h1-8H3. The monoisotopic (exact) mass is 302 g/mol. The fraction of sp³-hybridized carbons (Fsp3) is 1.00. The first-order valence-corrected chi connectivity index (χ1v) is 8.53. The molecular formula is C10H24O6P2. The van der Waals surface area contributed by atoms with Crippen molar-refractivity contribution in [2.45, 2.75) is 52.3 Å². The number of phosphoric acid groups is 1. The maximum absolute atomic E-state index is 12.5. The molecule has 0 aliphatic heterocycles. The Hall–Kier alpha value is 0.300. The van der Waals surface area contributed by atoms with E-state index < -0.39 is 26.2 Å². The minimum Gasteiger partial charge on any atom is -0.311 e. The third-order valence-corrected chi connectivity index (χ3v) is 6.88. The number of rotatable bonds is 5. The number of hydrogen-bond donors (Lipinski definition) is 0. The van der Waals surface area contributed by atoms with E-state index in [-0.39, 0.29) is 0 Å². The van der Waals surface area contributed by atoms with E-state index in [1.807, 2.05) is 0 Å². The second-order valence-electron chi connectivity index (χ2n) is 5.77. The van der Waals surface area contributed by atoms with Crippen molar-refractivity contribution in [1.82, 2.24) is 0 Å². The molecule has 0 saturated carbocycles. The van der Waals surface area contributed by atoms with E-state index in [1.165, 1.54) is 14.2 Å². The molecule has 2 atom stereocenters. The van der Waals surface area contributed by atoms with E-state index in [0.29, 0.717) is 0 Å². The van der Waals surface area contributed by atoms with Crippen LogP contribution < -0.4 is 0 Å². The maximum atomic E-state index is 12.5. The zero-order valence-corrected chi connectivity index (χ0v) is 14.1. The molecule has 0 radical (unpaired) electrons. The summed E-state index contributed by atoms with van der Waals surface area (Å²) in [5.74, 6) is 0. The third kappa shape index (κ3) is 5.12. The van der Waals surface area contributed by atoms with Crippen LogP contribution >= 0.6 is 15.4 Å². The Labute approximate surface area is 109 Å². The van der Waals surface area contributed by atoms with E-state index in [4.69, 9.17) is 17.9 Å². The zero-order valence-electron chi connectivity index (χ0n) is 12.3. The molecule has 18 heavy (non-hydrogen) atoms. The van der Waals surface area contributed by atoms with Crippen LogP contribution in [0, 0.1) is 0 Å². The number of phosphoric ester groups is 1. The lowest BCUT2D eigenvalue weighted by molar-refractivity contribution is 0.0713. The molecule has 0 aromatic heterocycles. The van der Waals surface area contributed by atoms with Gasteiger partial charge in [-0.1, -0.05) is 0 Å². The van der Waals surface area contributed by atoms with E-state index in [2.05, 4.69) is 0 Å². The lowest BCUT2D eigenvalue weighted by Crippen LogP contribution is -2.22. The van der Waals surface area contributed by atoms with Crippen LogP contribution in [0.25, 0.3) is 0 Å². The zero-order chi connectivity index (χ0) is 14.8. The summed E-state index contributed by atoms with van der Waals surface area (Å²) < 4.78 is 44.8. The molecule has 0 saturated heterocycles. The summed E-state index contributed by atoms with van der Waals surface area (Å²) in [5.41, 5.74) is -0.762. The fourth-order valence-electron chi connectivity index (χ4n) is 0.984. The van der Waals surface area contributed by atoms with Crippen LogP contribution in [0.2, 0.25) is 0 Å². The highest BCUT2D eigenvalue weighted by Gasteiger charge is 2.47. The van der Waals surface area contributed by atoms with Gasteiger partial charge >= 0.3 is 15.4 Å². The average Bonchev–Trinajstić information content (AvgIpc) is 2.12. The van der Waals surface area contributed by atoms with Gasteiger partial charge in [-0.25, -0.2) is 8.88 Å². The van der Waals surface area contributed by atoms with Crippen molar-refractivity contribution in [2.75, 3.05) is 14.2 Å². The summed E-state index contributed by atoms with van der Waals surface area (Å²) in [6.45, 7) is 10.1. The summed E-state index contributed by atoms with van der Waals surface area (Å²) in [6, 6.07) is 0. The van der Waals surface area contributed by atoms with Gasteiger partial charge in [0.25, 0.3) is 0 Å². The van der Waals surface area contributed by atoms with Gasteiger partial charge in [0.2, 0.25) is 0 Å². The summed E-state index contributed by atoms with van der Waals surface area (Å²) >= 11 is 0. The van der Waals surface area contributed by atoms with Gasteiger partial charge < -0.3 is 4.52 Å². The summed E-state index contributed by atoms with van der Waals surface area (Å²) in [5, 5.41) is -0.836. The van der Waals surface area contributed by atoms with Crippen LogP contribution in [0.4, 0.5) is 0 Å². The van der Waals surface area contributed by atoms with Crippen LogP contribution in [-0.2, 0) is 27.0 Å². The topological polar surface area (TPSA) is 71.1 Å². The highest BCUT2D eigenvalue weighted by Crippen LogP contribution is 2.71. The smallest absolute Gasteiger partial charge is 0.311 e. The van der Waals surface area contributed by atoms with Gasteiger partial charge in [0.15, 0.2) is 0 Å². The van der Waals surface area contributed by atoms with Crippen molar-refractivity contribution >= 4 is 15.4 Å². The van der Waals surface area contributed by atoms with E-state index in [9.17, 15) is 9.13 Å². The molecule has 110 valence electrons. The van der Waals surface area contributed by atoms with Gasteiger partial charge in [0.05, 0.1) is 10.8 Å². The molecule has 0 heterocycles. The summed E-state index contributed by atoms with van der Waals surface area (Å²) in [6.07, 6.45) is 0. The van der Waals surface area contributed by atoms with Crippen LogP contribution in [-0.4, -0.2) is 25.0 Å². The predicted octanol–water partition coefficient (Wildman–Crippen LogP) is 4.21. The van der Waals surface area contributed by atoms with Gasteiger partial charge in [0, 0.05) is 14.2 Å². The Bertz CT molecular complexity index is 366. The highest BCUT2D eigenvalue weighted by atomic mass is 31.3. The molecule has 0 fully saturated rings. The molecule has 0 aromatic carbocycles. The molecule has 0 rings (SSSR count). The summed E-state index contributed by atoms with van der Waals surface area (Å²) in [7, 11) is -5.15. The van der Waals surface area contributed by atoms with Gasteiger partial charge in [-0.05, 0) is 41.5 Å². The normalized spacial score (nSPS) is 20.2. The highest BCUT2D eigenvalue weighted by molar-refractivity contribution is 7.65. The molecule has 0 bridgehead atoms. The molecule has 8 heteroatoms. The lowest BCUT2D eigenvalue weighted by Gasteiger charge is -2.32. The second-order valence-corrected chi connectivity index (χ2v) is 10.6. The van der Waals surface area contributed by atoms with Crippen LogP contribution in [0.3, 0.4) is 0 Å². The largest absolute Gasteiger partial charge is 0.482 e. The van der Waals surface area contributed by atoms with E-state index >= 15 is 0 Å². The van der Waals surface area contributed by atoms with E-state index in [0.717, 1.165) is 0 Å². The van der Waals surface area contributed by atoms with Crippen molar-refractivity contribution in [3.63, 3.8) is 0 Å². The fourth-order valence-corrected chi connectivity index (χ4v) is 4.98. The molecule has 0 aliphatic rings. The Morgan fingerprint density at radius 1 is 0.833 bits per heavy atom. The van der Waals surface area contributed by atoms with Gasteiger partial charge in [-0.2, -0.15) is 0 Å². The van der Waals surface area contributed by atoms with Crippen molar-refractivity contribution in [1.29, 1.82) is 0 Å². The molecule has 0 aromatic rings. The van der Waals surface area contributed by atoms with Crippen LogP contribution in [0.5, 0.6) is 0 Å². The Kier molecular flexibility index (Phi) is 5.83. The second kappa shape index (κ2) is 5.74. The quantitative estimate of drug-likeness (QED) is 0.708.